The van der Waals surface area contributed by atoms with Crippen molar-refractivity contribution >= 4 is 5.78 Å². The first kappa shape index (κ1) is 17.0. The van der Waals surface area contributed by atoms with Gasteiger partial charge in [0.1, 0.15) is 5.60 Å². The van der Waals surface area contributed by atoms with Crippen molar-refractivity contribution in [3.05, 3.63) is 0 Å². The van der Waals surface area contributed by atoms with Crippen LogP contribution < -0.4 is 0 Å². The SMILES string of the molecule is CCOC1(C(=O)C2CC(C)CC(C)C2)CCC(C)(C)CC1. The molecule has 0 aromatic rings. The van der Waals surface area contributed by atoms with Gasteiger partial charge < -0.3 is 4.74 Å². The Morgan fingerprint density at radius 1 is 1.00 bits per heavy atom. The van der Waals surface area contributed by atoms with Crippen molar-refractivity contribution in [2.45, 2.75) is 85.2 Å². The van der Waals surface area contributed by atoms with Crippen molar-refractivity contribution in [2.75, 3.05) is 6.61 Å². The summed E-state index contributed by atoms with van der Waals surface area (Å²) in [6.45, 7) is 11.9. The standard InChI is InChI=1S/C19H34O2/c1-6-21-19(9-7-18(4,5)8-10-19)17(20)16-12-14(2)11-15(3)13-16/h14-16H,6-13H2,1-5H3. The van der Waals surface area contributed by atoms with Crippen LogP contribution in [-0.4, -0.2) is 18.0 Å². The highest BCUT2D eigenvalue weighted by molar-refractivity contribution is 5.89. The zero-order valence-corrected chi connectivity index (χ0v) is 14.7. The Bertz CT molecular complexity index is 352. The van der Waals surface area contributed by atoms with Crippen LogP contribution in [0.3, 0.4) is 0 Å². The summed E-state index contributed by atoms with van der Waals surface area (Å²) in [6, 6.07) is 0. The summed E-state index contributed by atoms with van der Waals surface area (Å²) in [5, 5.41) is 0. The van der Waals surface area contributed by atoms with E-state index in [-0.39, 0.29) is 5.92 Å². The molecule has 2 saturated carbocycles. The summed E-state index contributed by atoms with van der Waals surface area (Å²) in [4.78, 5) is 13.2. The van der Waals surface area contributed by atoms with E-state index in [9.17, 15) is 4.79 Å². The fraction of sp³-hybridized carbons (Fsp3) is 0.947. The third-order valence-electron chi connectivity index (χ3n) is 5.83. The Labute approximate surface area is 131 Å². The molecule has 0 aromatic heterocycles. The number of Topliss-reactive ketones (excluding diaryl/α,β-unsaturated/α-hetero) is 1. The van der Waals surface area contributed by atoms with Gasteiger partial charge >= 0.3 is 0 Å². The number of carbonyl (C=O) groups is 1. The van der Waals surface area contributed by atoms with Crippen LogP contribution in [0.5, 0.6) is 0 Å². The first-order valence-corrected chi connectivity index (χ1v) is 8.96. The van der Waals surface area contributed by atoms with E-state index in [1.54, 1.807) is 0 Å². The molecule has 0 spiro atoms. The monoisotopic (exact) mass is 294 g/mol. The first-order valence-electron chi connectivity index (χ1n) is 8.96. The quantitative estimate of drug-likeness (QED) is 0.729. The second-order valence-electron chi connectivity index (χ2n) is 8.57. The largest absolute Gasteiger partial charge is 0.367 e. The van der Waals surface area contributed by atoms with Gasteiger partial charge in [-0.2, -0.15) is 0 Å². The summed E-state index contributed by atoms with van der Waals surface area (Å²) in [5.41, 5.74) is -0.0975. The second kappa shape index (κ2) is 6.40. The van der Waals surface area contributed by atoms with Crippen LogP contribution in [0.1, 0.15) is 79.6 Å². The predicted molar refractivity (Wildman–Crippen MR) is 87.3 cm³/mol. The fourth-order valence-corrected chi connectivity index (χ4v) is 4.60. The molecule has 0 aromatic carbocycles. The Hall–Kier alpha value is -0.370. The molecule has 2 fully saturated rings. The van der Waals surface area contributed by atoms with Crippen molar-refractivity contribution in [3.8, 4) is 0 Å². The number of ether oxygens (including phenoxy) is 1. The minimum absolute atomic E-state index is 0.233. The van der Waals surface area contributed by atoms with Gasteiger partial charge in [-0.3, -0.25) is 4.79 Å². The van der Waals surface area contributed by atoms with E-state index in [1.807, 2.05) is 6.92 Å². The molecular weight excluding hydrogens is 260 g/mol. The van der Waals surface area contributed by atoms with Crippen LogP contribution in [0.4, 0.5) is 0 Å². The summed E-state index contributed by atoms with van der Waals surface area (Å²) in [6.07, 6.45) is 7.48. The maximum atomic E-state index is 13.2. The van der Waals surface area contributed by atoms with Crippen molar-refractivity contribution in [3.63, 3.8) is 0 Å². The van der Waals surface area contributed by atoms with Gasteiger partial charge in [-0.05, 0) is 69.1 Å². The lowest BCUT2D eigenvalue weighted by molar-refractivity contribution is -0.158. The molecule has 0 amide bonds. The summed E-state index contributed by atoms with van der Waals surface area (Å²) >= 11 is 0. The number of hydrogen-bond donors (Lipinski definition) is 0. The zero-order valence-electron chi connectivity index (χ0n) is 14.7. The van der Waals surface area contributed by atoms with Crippen LogP contribution >= 0.6 is 0 Å². The van der Waals surface area contributed by atoms with E-state index in [0.29, 0.717) is 29.6 Å². The molecule has 2 aliphatic carbocycles. The summed E-state index contributed by atoms with van der Waals surface area (Å²) < 4.78 is 6.10. The van der Waals surface area contributed by atoms with E-state index < -0.39 is 5.60 Å². The van der Waals surface area contributed by atoms with Crippen molar-refractivity contribution in [1.82, 2.24) is 0 Å². The Morgan fingerprint density at radius 2 is 1.52 bits per heavy atom. The van der Waals surface area contributed by atoms with Crippen LogP contribution in [0.15, 0.2) is 0 Å². The summed E-state index contributed by atoms with van der Waals surface area (Å²) in [5.74, 6) is 2.03. The molecule has 0 saturated heterocycles. The number of rotatable bonds is 4. The average molecular weight is 294 g/mol. The maximum absolute atomic E-state index is 13.2. The molecule has 0 radical (unpaired) electrons. The van der Waals surface area contributed by atoms with Crippen LogP contribution in [0.25, 0.3) is 0 Å². The molecular formula is C19H34O2. The number of ketones is 1. The third kappa shape index (κ3) is 3.88. The Balaban J connectivity index is 2.12. The van der Waals surface area contributed by atoms with E-state index in [0.717, 1.165) is 38.5 Å². The van der Waals surface area contributed by atoms with Crippen LogP contribution in [0.2, 0.25) is 0 Å². The third-order valence-corrected chi connectivity index (χ3v) is 5.83. The van der Waals surface area contributed by atoms with Crippen LogP contribution in [-0.2, 0) is 9.53 Å². The van der Waals surface area contributed by atoms with Gasteiger partial charge in [0.2, 0.25) is 0 Å². The molecule has 2 heteroatoms. The lowest BCUT2D eigenvalue weighted by Gasteiger charge is -2.45. The van der Waals surface area contributed by atoms with Crippen molar-refractivity contribution < 1.29 is 9.53 Å². The molecule has 122 valence electrons. The molecule has 2 nitrogen and oxygen atoms in total. The van der Waals surface area contributed by atoms with Gasteiger partial charge in [-0.25, -0.2) is 0 Å². The molecule has 0 bridgehead atoms. The molecule has 2 atom stereocenters. The van der Waals surface area contributed by atoms with Gasteiger partial charge in [0.05, 0.1) is 0 Å². The topological polar surface area (TPSA) is 26.3 Å². The van der Waals surface area contributed by atoms with Gasteiger partial charge in [-0.1, -0.05) is 27.7 Å². The van der Waals surface area contributed by atoms with E-state index in [4.69, 9.17) is 4.74 Å². The van der Waals surface area contributed by atoms with Gasteiger partial charge in [0.15, 0.2) is 5.78 Å². The number of hydrogen-bond acceptors (Lipinski definition) is 2. The smallest absolute Gasteiger partial charge is 0.167 e. The molecule has 2 rings (SSSR count). The van der Waals surface area contributed by atoms with E-state index in [2.05, 4.69) is 27.7 Å². The molecule has 2 unspecified atom stereocenters. The summed E-state index contributed by atoms with van der Waals surface area (Å²) in [7, 11) is 0. The maximum Gasteiger partial charge on any atom is 0.167 e. The highest BCUT2D eigenvalue weighted by Crippen LogP contribution is 2.45. The normalized spacial score (nSPS) is 35.4. The average Bonchev–Trinajstić information content (AvgIpc) is 2.40. The highest BCUT2D eigenvalue weighted by Gasteiger charge is 2.47. The second-order valence-corrected chi connectivity index (χ2v) is 8.57. The Kier molecular flexibility index (Phi) is 5.18. The van der Waals surface area contributed by atoms with Crippen molar-refractivity contribution in [2.24, 2.45) is 23.2 Å². The number of carbonyl (C=O) groups excluding carboxylic acids is 1. The van der Waals surface area contributed by atoms with E-state index >= 15 is 0 Å². The molecule has 2 aliphatic rings. The van der Waals surface area contributed by atoms with Gasteiger partial charge in [0, 0.05) is 12.5 Å². The van der Waals surface area contributed by atoms with Crippen LogP contribution in [0, 0.1) is 23.2 Å². The predicted octanol–water partition coefficient (Wildman–Crippen LogP) is 5.00. The first-order chi connectivity index (χ1) is 9.78. The molecule has 0 heterocycles. The van der Waals surface area contributed by atoms with Gasteiger partial charge in [-0.15, -0.1) is 0 Å². The molecule has 0 N–H and O–H groups in total. The lowest BCUT2D eigenvalue weighted by Crippen LogP contribution is -2.50. The highest BCUT2D eigenvalue weighted by atomic mass is 16.5. The fourth-order valence-electron chi connectivity index (χ4n) is 4.60. The van der Waals surface area contributed by atoms with Gasteiger partial charge in [0.25, 0.3) is 0 Å². The zero-order chi connectivity index (χ0) is 15.7. The minimum Gasteiger partial charge on any atom is -0.367 e. The minimum atomic E-state index is -0.467. The molecule has 21 heavy (non-hydrogen) atoms. The lowest BCUT2D eigenvalue weighted by atomic mass is 9.65. The Morgan fingerprint density at radius 3 is 2.00 bits per heavy atom. The van der Waals surface area contributed by atoms with E-state index in [1.165, 1.54) is 6.42 Å². The molecule has 0 aliphatic heterocycles. The van der Waals surface area contributed by atoms with Crippen molar-refractivity contribution in [1.29, 1.82) is 0 Å².